The summed E-state index contributed by atoms with van der Waals surface area (Å²) >= 11 is 0. The van der Waals surface area contributed by atoms with Crippen LogP contribution in [-0.4, -0.2) is 21.7 Å². The second kappa shape index (κ2) is 3.86. The van der Waals surface area contributed by atoms with Gasteiger partial charge in [-0.3, -0.25) is 10.1 Å². The van der Waals surface area contributed by atoms with Crippen molar-refractivity contribution in [1.29, 1.82) is 0 Å². The Balaban J connectivity index is 2.98. The summed E-state index contributed by atoms with van der Waals surface area (Å²) in [6.45, 7) is -0.0444. The van der Waals surface area contributed by atoms with Gasteiger partial charge in [-0.1, -0.05) is 6.07 Å². The monoisotopic (exact) mass is 183 g/mol. The highest BCUT2D eigenvalue weighted by atomic mass is 16.6. The van der Waals surface area contributed by atoms with E-state index in [0.29, 0.717) is 12.0 Å². The van der Waals surface area contributed by atoms with Crippen LogP contribution in [0.2, 0.25) is 0 Å². The maximum Gasteiger partial charge on any atom is 0.310 e. The lowest BCUT2D eigenvalue weighted by atomic mass is 10.1. The van der Waals surface area contributed by atoms with E-state index in [1.807, 2.05) is 0 Å². The largest absolute Gasteiger partial charge is 0.502 e. The van der Waals surface area contributed by atoms with Crippen LogP contribution >= 0.6 is 0 Å². The molecule has 0 heterocycles. The van der Waals surface area contributed by atoms with Gasteiger partial charge in [0.25, 0.3) is 0 Å². The van der Waals surface area contributed by atoms with Crippen LogP contribution in [-0.2, 0) is 6.42 Å². The third kappa shape index (κ3) is 2.16. The number of aliphatic hydroxyl groups excluding tert-OH is 1. The minimum absolute atomic E-state index is 0.0444. The maximum atomic E-state index is 10.3. The number of aromatic hydroxyl groups is 1. The Morgan fingerprint density at radius 3 is 2.62 bits per heavy atom. The first-order valence-electron chi connectivity index (χ1n) is 3.72. The Bertz CT molecular complexity index is 324. The first-order valence-corrected chi connectivity index (χ1v) is 3.72. The highest BCUT2D eigenvalue weighted by molar-refractivity contribution is 5.47. The number of nitrogens with zero attached hydrogens (tertiary/aromatic N) is 1. The molecular formula is C8H9NO4. The van der Waals surface area contributed by atoms with Crippen LogP contribution in [0.1, 0.15) is 5.56 Å². The van der Waals surface area contributed by atoms with Crippen LogP contribution in [0.3, 0.4) is 0 Å². The topological polar surface area (TPSA) is 83.6 Å². The molecular weight excluding hydrogens is 174 g/mol. The number of phenols is 1. The van der Waals surface area contributed by atoms with Crippen molar-refractivity contribution in [3.8, 4) is 5.75 Å². The quantitative estimate of drug-likeness (QED) is 0.537. The fourth-order valence-corrected chi connectivity index (χ4v) is 1.01. The smallest absolute Gasteiger partial charge is 0.310 e. The Morgan fingerprint density at radius 1 is 1.46 bits per heavy atom. The van der Waals surface area contributed by atoms with Crippen molar-refractivity contribution in [3.63, 3.8) is 0 Å². The standard InChI is InChI=1S/C8H9NO4/c10-4-3-6-1-2-7(9(12)13)8(11)5-6/h1-2,5,10-11H,3-4H2. The van der Waals surface area contributed by atoms with Crippen LogP contribution in [0.15, 0.2) is 18.2 Å². The SMILES string of the molecule is O=[N+]([O-])c1ccc(CCO)cc1O. The molecule has 0 saturated carbocycles. The average Bonchev–Trinajstić information content (AvgIpc) is 2.04. The van der Waals surface area contributed by atoms with Crippen LogP contribution in [0, 0.1) is 10.1 Å². The van der Waals surface area contributed by atoms with Crippen molar-refractivity contribution in [2.45, 2.75) is 6.42 Å². The van der Waals surface area contributed by atoms with Crippen molar-refractivity contribution >= 4 is 5.69 Å². The van der Waals surface area contributed by atoms with Crippen molar-refractivity contribution in [3.05, 3.63) is 33.9 Å². The minimum atomic E-state index is -0.655. The zero-order chi connectivity index (χ0) is 9.84. The fraction of sp³-hybridized carbons (Fsp3) is 0.250. The van der Waals surface area contributed by atoms with Gasteiger partial charge in [-0.2, -0.15) is 0 Å². The molecule has 1 aromatic rings. The third-order valence-electron chi connectivity index (χ3n) is 1.64. The number of hydrogen-bond acceptors (Lipinski definition) is 4. The van der Waals surface area contributed by atoms with Gasteiger partial charge in [0.05, 0.1) is 4.92 Å². The summed E-state index contributed by atoms with van der Waals surface area (Å²) in [5.74, 6) is -0.365. The fourth-order valence-electron chi connectivity index (χ4n) is 1.01. The van der Waals surface area contributed by atoms with E-state index in [-0.39, 0.29) is 18.0 Å². The third-order valence-corrected chi connectivity index (χ3v) is 1.64. The molecule has 0 saturated heterocycles. The molecule has 1 aromatic carbocycles. The molecule has 0 amide bonds. The molecule has 0 aliphatic rings. The highest BCUT2D eigenvalue weighted by Crippen LogP contribution is 2.26. The molecule has 0 fully saturated rings. The number of rotatable bonds is 3. The van der Waals surface area contributed by atoms with Gasteiger partial charge in [0.2, 0.25) is 0 Å². The van der Waals surface area contributed by atoms with E-state index in [9.17, 15) is 10.1 Å². The van der Waals surface area contributed by atoms with E-state index in [0.717, 1.165) is 0 Å². The summed E-state index contributed by atoms with van der Waals surface area (Å²) in [5.41, 5.74) is 0.354. The van der Waals surface area contributed by atoms with E-state index in [1.54, 1.807) is 0 Å². The highest BCUT2D eigenvalue weighted by Gasteiger charge is 2.12. The lowest BCUT2D eigenvalue weighted by Crippen LogP contribution is -1.93. The molecule has 0 bridgehead atoms. The molecule has 13 heavy (non-hydrogen) atoms. The van der Waals surface area contributed by atoms with E-state index >= 15 is 0 Å². The predicted molar refractivity (Wildman–Crippen MR) is 45.6 cm³/mol. The van der Waals surface area contributed by atoms with Crippen molar-refractivity contribution in [2.24, 2.45) is 0 Å². The summed E-state index contributed by atoms with van der Waals surface area (Å²) < 4.78 is 0. The molecule has 1 rings (SSSR count). The number of nitro benzene ring substituents is 1. The number of aliphatic hydroxyl groups is 1. The van der Waals surface area contributed by atoms with Gasteiger partial charge in [0, 0.05) is 12.7 Å². The summed E-state index contributed by atoms with van der Waals surface area (Å²) in [6.07, 6.45) is 0.381. The summed E-state index contributed by atoms with van der Waals surface area (Å²) in [4.78, 5) is 9.63. The second-order valence-corrected chi connectivity index (χ2v) is 2.55. The van der Waals surface area contributed by atoms with Gasteiger partial charge >= 0.3 is 5.69 Å². The number of phenolic OH excluding ortho intramolecular Hbond substituents is 1. The average molecular weight is 183 g/mol. The summed E-state index contributed by atoms with van der Waals surface area (Å²) in [7, 11) is 0. The molecule has 70 valence electrons. The van der Waals surface area contributed by atoms with Gasteiger partial charge in [0.15, 0.2) is 5.75 Å². The zero-order valence-corrected chi connectivity index (χ0v) is 6.80. The van der Waals surface area contributed by atoms with Crippen LogP contribution < -0.4 is 0 Å². The molecule has 0 aliphatic heterocycles. The Morgan fingerprint density at radius 2 is 2.15 bits per heavy atom. The van der Waals surface area contributed by atoms with Gasteiger partial charge in [0.1, 0.15) is 0 Å². The summed E-state index contributed by atoms with van der Waals surface area (Å²) in [6, 6.07) is 4.02. The van der Waals surface area contributed by atoms with Gasteiger partial charge in [-0.05, 0) is 18.1 Å². The van der Waals surface area contributed by atoms with Crippen molar-refractivity contribution < 1.29 is 15.1 Å². The van der Waals surface area contributed by atoms with Crippen LogP contribution in [0.5, 0.6) is 5.75 Å². The number of hydrogen-bond donors (Lipinski definition) is 2. The summed E-state index contributed by atoms with van der Waals surface area (Å²) in [5, 5.41) is 28.0. The molecule has 0 aromatic heterocycles. The number of benzene rings is 1. The molecule has 0 atom stereocenters. The molecule has 0 spiro atoms. The van der Waals surface area contributed by atoms with Gasteiger partial charge < -0.3 is 10.2 Å². The number of nitro groups is 1. The first kappa shape index (κ1) is 9.47. The van der Waals surface area contributed by atoms with Crippen molar-refractivity contribution in [1.82, 2.24) is 0 Å². The Hall–Kier alpha value is -1.62. The maximum absolute atomic E-state index is 10.3. The van der Waals surface area contributed by atoms with Gasteiger partial charge in [-0.15, -0.1) is 0 Å². The van der Waals surface area contributed by atoms with E-state index in [4.69, 9.17) is 10.2 Å². The van der Waals surface area contributed by atoms with Crippen LogP contribution in [0.4, 0.5) is 5.69 Å². The van der Waals surface area contributed by atoms with E-state index in [1.165, 1.54) is 18.2 Å². The minimum Gasteiger partial charge on any atom is -0.502 e. The van der Waals surface area contributed by atoms with Gasteiger partial charge in [-0.25, -0.2) is 0 Å². The lowest BCUT2D eigenvalue weighted by molar-refractivity contribution is -0.385. The van der Waals surface area contributed by atoms with Crippen LogP contribution in [0.25, 0.3) is 0 Å². The molecule has 0 aliphatic carbocycles. The van der Waals surface area contributed by atoms with Crippen molar-refractivity contribution in [2.75, 3.05) is 6.61 Å². The van der Waals surface area contributed by atoms with E-state index in [2.05, 4.69) is 0 Å². The molecule has 0 unspecified atom stereocenters. The zero-order valence-electron chi connectivity index (χ0n) is 6.80. The Kier molecular flexibility index (Phi) is 2.81. The molecule has 5 heteroatoms. The molecule has 5 nitrogen and oxygen atoms in total. The normalized spacial score (nSPS) is 9.92. The molecule has 0 radical (unpaired) electrons. The first-order chi connectivity index (χ1) is 6.15. The lowest BCUT2D eigenvalue weighted by Gasteiger charge is -1.99. The molecule has 2 N–H and O–H groups in total. The second-order valence-electron chi connectivity index (χ2n) is 2.55. The van der Waals surface area contributed by atoms with E-state index < -0.39 is 4.92 Å². The predicted octanol–water partition coefficient (Wildman–Crippen LogP) is 0.835. The Labute approximate surface area is 74.4 Å².